The number of halogens is 3. The molecule has 1 unspecified atom stereocenters. The van der Waals surface area contributed by atoms with E-state index >= 15 is 0 Å². The standard InChI is InChI=1S/C32H22BrFIN3O4S/c33-21-9-14-26(34)20(15-21)16-27(37-30(40)19-5-2-1-3-6-19)31(41)36-23-7-4-8-25(17-23)43-28-18-29(39)38(32(28)42)24-12-10-22(35)11-13-24/h1-17,28H,18H2,(H,36,41)(H,37,40)/b27-16-. The maximum absolute atomic E-state index is 14.6. The van der Waals surface area contributed by atoms with Gasteiger partial charge < -0.3 is 10.6 Å². The molecule has 0 spiro atoms. The highest BCUT2D eigenvalue weighted by Gasteiger charge is 2.40. The molecule has 4 amide bonds. The van der Waals surface area contributed by atoms with Gasteiger partial charge in [-0.3, -0.25) is 19.2 Å². The second kappa shape index (κ2) is 13.7. The maximum atomic E-state index is 14.6. The lowest BCUT2D eigenvalue weighted by molar-refractivity contribution is -0.121. The Labute approximate surface area is 273 Å². The summed E-state index contributed by atoms with van der Waals surface area (Å²) in [6.45, 7) is 0. The first-order valence-electron chi connectivity index (χ1n) is 12.9. The summed E-state index contributed by atoms with van der Waals surface area (Å²) in [5.41, 5.74) is 1.16. The summed E-state index contributed by atoms with van der Waals surface area (Å²) < 4.78 is 16.2. The van der Waals surface area contributed by atoms with E-state index in [1.807, 2.05) is 12.1 Å². The van der Waals surface area contributed by atoms with Gasteiger partial charge in [0.05, 0.1) is 10.9 Å². The van der Waals surface area contributed by atoms with Crippen LogP contribution in [0.5, 0.6) is 0 Å². The minimum absolute atomic E-state index is 0.0443. The zero-order valence-corrected chi connectivity index (χ0v) is 26.8. The van der Waals surface area contributed by atoms with Crippen LogP contribution in [0.4, 0.5) is 15.8 Å². The molecule has 1 heterocycles. The summed E-state index contributed by atoms with van der Waals surface area (Å²) in [6, 6.07) is 26.6. The number of amides is 4. The molecule has 43 heavy (non-hydrogen) atoms. The molecule has 0 bridgehead atoms. The van der Waals surface area contributed by atoms with E-state index in [1.165, 1.54) is 40.9 Å². The summed E-state index contributed by atoms with van der Waals surface area (Å²) in [4.78, 5) is 54.0. The molecular formula is C32H22BrFIN3O4S. The number of imide groups is 1. The fourth-order valence-corrected chi connectivity index (χ4v) is 6.14. The number of hydrogen-bond acceptors (Lipinski definition) is 5. The third-order valence-electron chi connectivity index (χ3n) is 6.35. The van der Waals surface area contributed by atoms with Crippen LogP contribution in [0, 0.1) is 9.39 Å². The molecule has 7 nitrogen and oxygen atoms in total. The number of carbonyl (C=O) groups is 4. The summed E-state index contributed by atoms with van der Waals surface area (Å²) in [5, 5.41) is 4.71. The van der Waals surface area contributed by atoms with Crippen LogP contribution >= 0.6 is 50.3 Å². The number of nitrogens with zero attached hydrogens (tertiary/aromatic N) is 1. The summed E-state index contributed by atoms with van der Waals surface area (Å²) in [6.07, 6.45) is 1.31. The lowest BCUT2D eigenvalue weighted by atomic mass is 10.1. The van der Waals surface area contributed by atoms with Crippen LogP contribution in [0.2, 0.25) is 0 Å². The molecule has 5 rings (SSSR count). The number of carbonyl (C=O) groups excluding carboxylic acids is 4. The van der Waals surface area contributed by atoms with E-state index in [2.05, 4.69) is 49.2 Å². The summed E-state index contributed by atoms with van der Waals surface area (Å²) in [5.74, 6) is -2.38. The molecule has 1 fully saturated rings. The number of rotatable bonds is 8. The van der Waals surface area contributed by atoms with E-state index in [-0.39, 0.29) is 29.5 Å². The van der Waals surface area contributed by atoms with Crippen LogP contribution in [0.1, 0.15) is 22.3 Å². The Morgan fingerprint density at radius 2 is 1.70 bits per heavy atom. The van der Waals surface area contributed by atoms with Crippen molar-refractivity contribution in [1.82, 2.24) is 5.32 Å². The lowest BCUT2D eigenvalue weighted by Crippen LogP contribution is -2.31. The lowest BCUT2D eigenvalue weighted by Gasteiger charge is -2.15. The van der Waals surface area contributed by atoms with Gasteiger partial charge in [0.1, 0.15) is 11.5 Å². The van der Waals surface area contributed by atoms with E-state index in [1.54, 1.807) is 66.7 Å². The number of benzene rings is 4. The van der Waals surface area contributed by atoms with Gasteiger partial charge in [-0.2, -0.15) is 0 Å². The highest BCUT2D eigenvalue weighted by atomic mass is 127. The van der Waals surface area contributed by atoms with E-state index in [4.69, 9.17) is 0 Å². The van der Waals surface area contributed by atoms with Crippen molar-refractivity contribution in [2.24, 2.45) is 0 Å². The molecule has 4 aromatic carbocycles. The SMILES string of the molecule is O=C(Nc1cccc(SC2CC(=O)N(c3ccc(I)cc3)C2=O)c1)/C(=C/c1cc(Br)ccc1F)NC(=O)c1ccccc1. The van der Waals surface area contributed by atoms with Crippen molar-refractivity contribution in [3.63, 3.8) is 0 Å². The molecule has 11 heteroatoms. The van der Waals surface area contributed by atoms with Crippen LogP contribution in [0.3, 0.4) is 0 Å². The maximum Gasteiger partial charge on any atom is 0.272 e. The normalized spacial score (nSPS) is 15.0. The van der Waals surface area contributed by atoms with Gasteiger partial charge >= 0.3 is 0 Å². The molecule has 0 radical (unpaired) electrons. The van der Waals surface area contributed by atoms with Gasteiger partial charge in [0.25, 0.3) is 11.8 Å². The predicted molar refractivity (Wildman–Crippen MR) is 177 cm³/mol. The van der Waals surface area contributed by atoms with Crippen molar-refractivity contribution in [3.8, 4) is 0 Å². The van der Waals surface area contributed by atoms with Crippen LogP contribution < -0.4 is 15.5 Å². The van der Waals surface area contributed by atoms with Crippen LogP contribution in [-0.2, 0) is 14.4 Å². The molecule has 1 aliphatic rings. The van der Waals surface area contributed by atoms with E-state index in [9.17, 15) is 23.6 Å². The molecule has 1 atom stereocenters. The van der Waals surface area contributed by atoms with Crippen molar-refractivity contribution in [2.45, 2.75) is 16.6 Å². The van der Waals surface area contributed by atoms with Gasteiger partial charge in [-0.25, -0.2) is 9.29 Å². The Morgan fingerprint density at radius 1 is 0.953 bits per heavy atom. The van der Waals surface area contributed by atoms with Crippen molar-refractivity contribution < 1.29 is 23.6 Å². The topological polar surface area (TPSA) is 95.6 Å². The van der Waals surface area contributed by atoms with Crippen molar-refractivity contribution in [3.05, 3.63) is 128 Å². The Kier molecular flexibility index (Phi) is 9.73. The fraction of sp³-hybridized carbons (Fsp3) is 0.0625. The molecule has 1 saturated heterocycles. The highest BCUT2D eigenvalue weighted by Crippen LogP contribution is 2.35. The average molecular weight is 770 g/mol. The third-order valence-corrected chi connectivity index (χ3v) is 8.74. The van der Waals surface area contributed by atoms with E-state index in [0.717, 1.165) is 3.57 Å². The molecule has 0 aromatic heterocycles. The van der Waals surface area contributed by atoms with Crippen LogP contribution in [-0.4, -0.2) is 28.9 Å². The fourth-order valence-electron chi connectivity index (χ4n) is 4.29. The Balaban J connectivity index is 1.34. The summed E-state index contributed by atoms with van der Waals surface area (Å²) >= 11 is 6.68. The second-order valence-electron chi connectivity index (χ2n) is 9.38. The van der Waals surface area contributed by atoms with Crippen molar-refractivity contribution >= 4 is 91.4 Å². The van der Waals surface area contributed by atoms with Gasteiger partial charge in [-0.1, -0.05) is 40.2 Å². The zero-order valence-electron chi connectivity index (χ0n) is 22.2. The monoisotopic (exact) mass is 769 g/mol. The molecule has 0 aliphatic carbocycles. The smallest absolute Gasteiger partial charge is 0.272 e. The van der Waals surface area contributed by atoms with Gasteiger partial charge in [-0.05, 0) is 101 Å². The molecule has 216 valence electrons. The van der Waals surface area contributed by atoms with E-state index < -0.39 is 22.9 Å². The number of thioether (sulfide) groups is 1. The first-order valence-corrected chi connectivity index (χ1v) is 15.7. The summed E-state index contributed by atoms with van der Waals surface area (Å²) in [7, 11) is 0. The van der Waals surface area contributed by atoms with Crippen molar-refractivity contribution in [1.29, 1.82) is 0 Å². The Hall–Kier alpha value is -3.81. The minimum Gasteiger partial charge on any atom is -0.321 e. The quantitative estimate of drug-likeness (QED) is 0.114. The predicted octanol–water partition coefficient (Wildman–Crippen LogP) is 7.03. The number of nitrogens with one attached hydrogen (secondary N) is 2. The van der Waals surface area contributed by atoms with Crippen molar-refractivity contribution in [2.75, 3.05) is 10.2 Å². The van der Waals surface area contributed by atoms with Gasteiger partial charge in [0, 0.05) is 36.2 Å². The van der Waals surface area contributed by atoms with Gasteiger partial charge in [-0.15, -0.1) is 11.8 Å². The molecule has 1 aliphatic heterocycles. The van der Waals surface area contributed by atoms with Gasteiger partial charge in [0.15, 0.2) is 0 Å². The number of hydrogen-bond donors (Lipinski definition) is 2. The molecule has 4 aromatic rings. The first kappa shape index (κ1) is 30.6. The van der Waals surface area contributed by atoms with Gasteiger partial charge in [0.2, 0.25) is 11.8 Å². The number of anilines is 2. The average Bonchev–Trinajstić information content (AvgIpc) is 3.27. The largest absolute Gasteiger partial charge is 0.321 e. The second-order valence-corrected chi connectivity index (χ2v) is 12.8. The molecule has 0 saturated carbocycles. The van der Waals surface area contributed by atoms with Crippen LogP contribution in [0.25, 0.3) is 6.08 Å². The molecular weight excluding hydrogens is 748 g/mol. The van der Waals surface area contributed by atoms with E-state index in [0.29, 0.717) is 26.3 Å². The highest BCUT2D eigenvalue weighted by molar-refractivity contribution is 14.1. The van der Waals surface area contributed by atoms with Crippen LogP contribution in [0.15, 0.2) is 112 Å². The third kappa shape index (κ3) is 7.59. The zero-order chi connectivity index (χ0) is 30.5. The minimum atomic E-state index is -0.678. The Morgan fingerprint density at radius 3 is 2.44 bits per heavy atom. The first-order chi connectivity index (χ1) is 20.7. The molecule has 2 N–H and O–H groups in total. The Bertz CT molecular complexity index is 1750.